The van der Waals surface area contributed by atoms with Crippen molar-refractivity contribution in [2.45, 2.75) is 25.4 Å². The molecule has 20 heavy (non-hydrogen) atoms. The third kappa shape index (κ3) is 2.41. The van der Waals surface area contributed by atoms with Crippen molar-refractivity contribution in [2.24, 2.45) is 0 Å². The molecular weight excluding hydrogens is 258 g/mol. The maximum atomic E-state index is 12.2. The van der Waals surface area contributed by atoms with Gasteiger partial charge in [-0.1, -0.05) is 30.3 Å². The molecule has 1 fully saturated rings. The van der Waals surface area contributed by atoms with Crippen LogP contribution in [0, 0.1) is 0 Å². The van der Waals surface area contributed by atoms with Crippen LogP contribution in [0.5, 0.6) is 0 Å². The fraction of sp³-hybridized carbons (Fsp3) is 0.467. The van der Waals surface area contributed by atoms with Crippen LogP contribution in [-0.2, 0) is 25.6 Å². The zero-order chi connectivity index (χ0) is 14.6. The Labute approximate surface area is 118 Å². The van der Waals surface area contributed by atoms with Gasteiger partial charge in [-0.2, -0.15) is 0 Å². The Bertz CT molecular complexity index is 488. The van der Waals surface area contributed by atoms with Crippen LogP contribution in [0.3, 0.4) is 0 Å². The lowest BCUT2D eigenvalue weighted by Crippen LogP contribution is -2.69. The van der Waals surface area contributed by atoms with E-state index in [0.29, 0.717) is 19.5 Å². The van der Waals surface area contributed by atoms with Crippen molar-refractivity contribution in [1.82, 2.24) is 4.90 Å². The predicted molar refractivity (Wildman–Crippen MR) is 72.8 cm³/mol. The second kappa shape index (κ2) is 6.05. The number of hydrogen-bond acceptors (Lipinski definition) is 5. The zero-order valence-electron chi connectivity index (χ0n) is 11.8. The summed E-state index contributed by atoms with van der Waals surface area (Å²) < 4.78 is 9.87. The first-order chi connectivity index (χ1) is 9.65. The summed E-state index contributed by atoms with van der Waals surface area (Å²) in [5.41, 5.74) is -0.231. The molecular formula is C15H19NO4. The maximum Gasteiger partial charge on any atom is 0.338 e. The third-order valence-corrected chi connectivity index (χ3v) is 3.64. The van der Waals surface area contributed by atoms with Crippen LogP contribution >= 0.6 is 0 Å². The Morgan fingerprint density at radius 2 is 1.95 bits per heavy atom. The molecule has 5 heteroatoms. The fourth-order valence-corrected chi connectivity index (χ4v) is 2.48. The monoisotopic (exact) mass is 277 g/mol. The van der Waals surface area contributed by atoms with Crippen molar-refractivity contribution >= 4 is 11.9 Å². The lowest BCUT2D eigenvalue weighted by atomic mass is 9.84. The number of hydrogen-bond donors (Lipinski definition) is 0. The minimum atomic E-state index is -1.28. The summed E-state index contributed by atoms with van der Waals surface area (Å²) in [6.45, 7) is 3.16. The van der Waals surface area contributed by atoms with Crippen molar-refractivity contribution < 1.29 is 19.1 Å². The molecule has 1 saturated heterocycles. The molecule has 1 aromatic carbocycles. The highest BCUT2D eigenvalue weighted by Gasteiger charge is 2.59. The standard InChI is InChI=1S/C15H19NO4/c1-3-20-14(18)15(13(17)19-2)9-10-16(15)11-12-7-5-4-6-8-12/h4-8H,3,9-11H2,1-2H3/t15-/m0/s1. The molecule has 0 aliphatic carbocycles. The summed E-state index contributed by atoms with van der Waals surface area (Å²) in [5.74, 6) is -1.06. The summed E-state index contributed by atoms with van der Waals surface area (Å²) in [5, 5.41) is 0. The minimum Gasteiger partial charge on any atom is -0.467 e. The number of methoxy groups -OCH3 is 1. The normalized spacial score (nSPS) is 21.9. The number of carbonyl (C=O) groups excluding carboxylic acids is 2. The van der Waals surface area contributed by atoms with Gasteiger partial charge in [0, 0.05) is 19.5 Å². The van der Waals surface area contributed by atoms with Gasteiger partial charge >= 0.3 is 11.9 Å². The highest BCUT2D eigenvalue weighted by Crippen LogP contribution is 2.35. The smallest absolute Gasteiger partial charge is 0.338 e. The van der Waals surface area contributed by atoms with Crippen LogP contribution in [-0.4, -0.2) is 42.6 Å². The molecule has 0 radical (unpaired) electrons. The number of rotatable bonds is 5. The van der Waals surface area contributed by atoms with E-state index in [0.717, 1.165) is 5.56 Å². The fourth-order valence-electron chi connectivity index (χ4n) is 2.48. The molecule has 1 atom stereocenters. The Kier molecular flexibility index (Phi) is 4.39. The summed E-state index contributed by atoms with van der Waals surface area (Å²) in [4.78, 5) is 26.1. The van der Waals surface area contributed by atoms with Crippen molar-refractivity contribution in [1.29, 1.82) is 0 Å². The second-order valence-electron chi connectivity index (χ2n) is 4.73. The molecule has 0 aromatic heterocycles. The summed E-state index contributed by atoms with van der Waals surface area (Å²) in [6.07, 6.45) is 0.436. The summed E-state index contributed by atoms with van der Waals surface area (Å²) >= 11 is 0. The van der Waals surface area contributed by atoms with Crippen molar-refractivity contribution in [3.8, 4) is 0 Å². The molecule has 0 spiro atoms. The molecule has 1 aliphatic rings. The zero-order valence-corrected chi connectivity index (χ0v) is 11.8. The number of esters is 2. The lowest BCUT2D eigenvalue weighted by Gasteiger charge is -2.47. The molecule has 1 heterocycles. The molecule has 0 saturated carbocycles. The van der Waals surface area contributed by atoms with Crippen LogP contribution in [0.4, 0.5) is 0 Å². The van der Waals surface area contributed by atoms with Gasteiger partial charge < -0.3 is 9.47 Å². The number of benzene rings is 1. The Hall–Kier alpha value is -1.88. The van der Waals surface area contributed by atoms with Gasteiger partial charge in [0.2, 0.25) is 5.54 Å². The van der Waals surface area contributed by atoms with Crippen LogP contribution < -0.4 is 0 Å². The van der Waals surface area contributed by atoms with Gasteiger partial charge in [-0.25, -0.2) is 9.59 Å². The first-order valence-electron chi connectivity index (χ1n) is 6.69. The Morgan fingerprint density at radius 3 is 2.45 bits per heavy atom. The SMILES string of the molecule is CCOC(=O)[C@@]1(C(=O)OC)CCN1Cc1ccccc1. The summed E-state index contributed by atoms with van der Waals surface area (Å²) in [6, 6.07) is 9.72. The van der Waals surface area contributed by atoms with E-state index in [1.165, 1.54) is 7.11 Å². The minimum absolute atomic E-state index is 0.247. The number of likely N-dealkylation sites (tertiary alicyclic amines) is 1. The average molecular weight is 277 g/mol. The first-order valence-corrected chi connectivity index (χ1v) is 6.69. The van der Waals surface area contributed by atoms with E-state index in [-0.39, 0.29) is 6.61 Å². The molecule has 0 unspecified atom stereocenters. The summed E-state index contributed by atoms with van der Waals surface area (Å²) in [7, 11) is 1.29. The van der Waals surface area contributed by atoms with Gasteiger partial charge in [0.15, 0.2) is 0 Å². The highest BCUT2D eigenvalue weighted by atomic mass is 16.6. The van der Waals surface area contributed by atoms with Crippen LogP contribution in [0.15, 0.2) is 30.3 Å². The van der Waals surface area contributed by atoms with E-state index in [9.17, 15) is 9.59 Å². The van der Waals surface area contributed by atoms with E-state index in [1.54, 1.807) is 6.92 Å². The van der Waals surface area contributed by atoms with Crippen LogP contribution in [0.25, 0.3) is 0 Å². The van der Waals surface area contributed by atoms with E-state index in [4.69, 9.17) is 9.47 Å². The van der Waals surface area contributed by atoms with Crippen molar-refractivity contribution in [3.05, 3.63) is 35.9 Å². The highest BCUT2D eigenvalue weighted by molar-refractivity contribution is 6.06. The largest absolute Gasteiger partial charge is 0.467 e. The Morgan fingerprint density at radius 1 is 1.25 bits per heavy atom. The molecule has 0 bridgehead atoms. The molecule has 1 aliphatic heterocycles. The predicted octanol–water partition coefficient (Wildman–Crippen LogP) is 1.37. The van der Waals surface area contributed by atoms with Gasteiger partial charge in [-0.15, -0.1) is 0 Å². The van der Waals surface area contributed by atoms with Crippen LogP contribution in [0.2, 0.25) is 0 Å². The van der Waals surface area contributed by atoms with Crippen LogP contribution in [0.1, 0.15) is 18.9 Å². The molecule has 0 amide bonds. The van der Waals surface area contributed by atoms with E-state index >= 15 is 0 Å². The van der Waals surface area contributed by atoms with E-state index in [2.05, 4.69) is 0 Å². The molecule has 2 rings (SSSR count). The maximum absolute atomic E-state index is 12.2. The molecule has 5 nitrogen and oxygen atoms in total. The van der Waals surface area contributed by atoms with E-state index < -0.39 is 17.5 Å². The first kappa shape index (κ1) is 14.5. The van der Waals surface area contributed by atoms with Crippen molar-refractivity contribution in [2.75, 3.05) is 20.3 Å². The lowest BCUT2D eigenvalue weighted by molar-refractivity contribution is -0.185. The molecule has 0 N–H and O–H groups in total. The van der Waals surface area contributed by atoms with Gasteiger partial charge in [0.1, 0.15) is 0 Å². The Balaban J connectivity index is 2.20. The quantitative estimate of drug-likeness (QED) is 0.601. The molecule has 1 aromatic rings. The topological polar surface area (TPSA) is 55.8 Å². The second-order valence-corrected chi connectivity index (χ2v) is 4.73. The molecule has 108 valence electrons. The van der Waals surface area contributed by atoms with Gasteiger partial charge in [-0.05, 0) is 12.5 Å². The number of ether oxygens (including phenoxy) is 2. The van der Waals surface area contributed by atoms with Crippen molar-refractivity contribution in [3.63, 3.8) is 0 Å². The van der Waals surface area contributed by atoms with Gasteiger partial charge in [-0.3, -0.25) is 4.90 Å². The van der Waals surface area contributed by atoms with E-state index in [1.807, 2.05) is 35.2 Å². The van der Waals surface area contributed by atoms with Gasteiger partial charge in [0.05, 0.1) is 13.7 Å². The third-order valence-electron chi connectivity index (χ3n) is 3.64. The average Bonchev–Trinajstić information content (AvgIpc) is 2.45. The number of nitrogens with zero attached hydrogens (tertiary/aromatic N) is 1. The van der Waals surface area contributed by atoms with Gasteiger partial charge in [0.25, 0.3) is 0 Å². The number of carbonyl (C=O) groups is 2.